The molecule has 0 spiro atoms. The van der Waals surface area contributed by atoms with Gasteiger partial charge in [0, 0.05) is 11.5 Å². The van der Waals surface area contributed by atoms with Crippen molar-refractivity contribution in [2.75, 3.05) is 14.2 Å². The van der Waals surface area contributed by atoms with Crippen LogP contribution in [0.15, 0.2) is 71.7 Å². The Morgan fingerprint density at radius 1 is 0.969 bits per heavy atom. The van der Waals surface area contributed by atoms with Gasteiger partial charge in [-0.1, -0.05) is 49.4 Å². The minimum atomic E-state index is -0.194. The maximum absolute atomic E-state index is 10.6. The molecule has 3 aromatic carbocycles. The van der Waals surface area contributed by atoms with Gasteiger partial charge < -0.3 is 25.3 Å². The first kappa shape index (κ1) is 21.5. The van der Waals surface area contributed by atoms with E-state index in [1.54, 1.807) is 14.2 Å². The number of aromatic hydroxyl groups is 1. The van der Waals surface area contributed by atoms with Crippen LogP contribution in [0.4, 0.5) is 5.69 Å². The standard InChI is InChI=1S/C26H27N3O3/c1-4-20(24-19-14-22(31-2)23(32-3)15-21(19)29-26(24)30)28-18-12-10-17(11-13-18)25(27)16-8-6-5-7-9-16/h5-15,25,29-30H,4,27H2,1-3H3. The zero-order valence-corrected chi connectivity index (χ0v) is 18.4. The van der Waals surface area contributed by atoms with E-state index in [0.717, 1.165) is 33.4 Å². The number of nitrogens with zero attached hydrogens (tertiary/aromatic N) is 1. The molecule has 0 aliphatic rings. The lowest BCUT2D eigenvalue weighted by molar-refractivity contribution is 0.356. The second kappa shape index (κ2) is 9.16. The van der Waals surface area contributed by atoms with Gasteiger partial charge in [0.25, 0.3) is 0 Å². The lowest BCUT2D eigenvalue weighted by Crippen LogP contribution is -2.11. The molecule has 0 aliphatic carbocycles. The zero-order valence-electron chi connectivity index (χ0n) is 18.4. The minimum Gasteiger partial charge on any atom is -0.494 e. The molecule has 6 heteroatoms. The second-order valence-electron chi connectivity index (χ2n) is 7.49. The fourth-order valence-electron chi connectivity index (χ4n) is 3.88. The number of hydrogen-bond donors (Lipinski definition) is 3. The molecule has 32 heavy (non-hydrogen) atoms. The van der Waals surface area contributed by atoms with Crippen LogP contribution in [0.5, 0.6) is 17.4 Å². The molecular weight excluding hydrogens is 402 g/mol. The smallest absolute Gasteiger partial charge is 0.198 e. The summed E-state index contributed by atoms with van der Waals surface area (Å²) < 4.78 is 10.8. The summed E-state index contributed by atoms with van der Waals surface area (Å²) in [6, 6.07) is 21.3. The third-order valence-corrected chi connectivity index (χ3v) is 5.58. The molecule has 1 unspecified atom stereocenters. The topological polar surface area (TPSA) is 92.9 Å². The molecule has 1 heterocycles. The number of aliphatic imine (C=N–C) groups is 1. The molecule has 0 radical (unpaired) electrons. The average Bonchev–Trinajstić information content (AvgIpc) is 3.16. The van der Waals surface area contributed by atoms with Crippen molar-refractivity contribution >= 4 is 22.3 Å². The van der Waals surface area contributed by atoms with Crippen LogP contribution < -0.4 is 15.2 Å². The Hall–Kier alpha value is -3.77. The highest BCUT2D eigenvalue weighted by atomic mass is 16.5. The fourth-order valence-corrected chi connectivity index (χ4v) is 3.88. The minimum absolute atomic E-state index is 0.0682. The summed E-state index contributed by atoms with van der Waals surface area (Å²) >= 11 is 0. The Kier molecular flexibility index (Phi) is 6.14. The van der Waals surface area contributed by atoms with Gasteiger partial charge in [0.15, 0.2) is 17.4 Å². The molecule has 4 N–H and O–H groups in total. The normalized spacial score (nSPS) is 12.7. The molecule has 1 atom stereocenters. The van der Waals surface area contributed by atoms with Gasteiger partial charge in [-0.05, 0) is 35.7 Å². The van der Waals surface area contributed by atoms with Crippen LogP contribution >= 0.6 is 0 Å². The maximum atomic E-state index is 10.6. The highest BCUT2D eigenvalue weighted by Gasteiger charge is 2.19. The van der Waals surface area contributed by atoms with E-state index in [2.05, 4.69) is 4.98 Å². The monoisotopic (exact) mass is 429 g/mol. The lowest BCUT2D eigenvalue weighted by atomic mass is 9.99. The summed E-state index contributed by atoms with van der Waals surface area (Å²) in [7, 11) is 3.17. The maximum Gasteiger partial charge on any atom is 0.198 e. The summed E-state index contributed by atoms with van der Waals surface area (Å²) in [6.45, 7) is 2.01. The van der Waals surface area contributed by atoms with E-state index < -0.39 is 0 Å². The number of aromatic amines is 1. The van der Waals surface area contributed by atoms with Crippen LogP contribution in [-0.2, 0) is 0 Å². The molecule has 0 bridgehead atoms. The Morgan fingerprint density at radius 3 is 2.22 bits per heavy atom. The van der Waals surface area contributed by atoms with Crippen molar-refractivity contribution in [3.63, 3.8) is 0 Å². The zero-order chi connectivity index (χ0) is 22.7. The second-order valence-corrected chi connectivity index (χ2v) is 7.49. The summed E-state index contributed by atoms with van der Waals surface area (Å²) in [5.41, 5.74) is 11.5. The van der Waals surface area contributed by atoms with E-state index >= 15 is 0 Å². The van der Waals surface area contributed by atoms with Crippen LogP contribution in [0.1, 0.15) is 36.1 Å². The lowest BCUT2D eigenvalue weighted by Gasteiger charge is -2.13. The van der Waals surface area contributed by atoms with Gasteiger partial charge in [-0.15, -0.1) is 0 Å². The van der Waals surface area contributed by atoms with Gasteiger partial charge in [-0.2, -0.15) is 0 Å². The van der Waals surface area contributed by atoms with Crippen LogP contribution in [0, 0.1) is 0 Å². The predicted molar refractivity (Wildman–Crippen MR) is 128 cm³/mol. The number of benzene rings is 3. The average molecular weight is 430 g/mol. The highest BCUT2D eigenvalue weighted by Crippen LogP contribution is 2.37. The summed E-state index contributed by atoms with van der Waals surface area (Å²) in [6.07, 6.45) is 0.639. The van der Waals surface area contributed by atoms with Crippen LogP contribution in [0.25, 0.3) is 10.9 Å². The number of hydrogen-bond acceptors (Lipinski definition) is 5. The number of nitrogens with two attached hydrogens (primary N) is 1. The third kappa shape index (κ3) is 4.05. The Morgan fingerprint density at radius 2 is 1.59 bits per heavy atom. The van der Waals surface area contributed by atoms with Crippen LogP contribution in [0.2, 0.25) is 0 Å². The van der Waals surface area contributed by atoms with Gasteiger partial charge in [0.2, 0.25) is 0 Å². The summed E-state index contributed by atoms with van der Waals surface area (Å²) in [4.78, 5) is 7.84. The number of aromatic nitrogens is 1. The Labute approximate surface area is 187 Å². The number of H-pyrrole nitrogens is 1. The Balaban J connectivity index is 1.70. The molecule has 0 amide bonds. The molecular formula is C26H27N3O3. The molecule has 4 aromatic rings. The van der Waals surface area contributed by atoms with Crippen molar-refractivity contribution in [3.05, 3.63) is 83.4 Å². The van der Waals surface area contributed by atoms with Crippen molar-refractivity contribution in [1.82, 2.24) is 4.98 Å². The van der Waals surface area contributed by atoms with E-state index in [-0.39, 0.29) is 11.9 Å². The summed E-state index contributed by atoms with van der Waals surface area (Å²) in [5, 5.41) is 11.5. The van der Waals surface area contributed by atoms with Crippen LogP contribution in [-0.4, -0.2) is 30.0 Å². The molecule has 6 nitrogen and oxygen atoms in total. The molecule has 0 saturated heterocycles. The quantitative estimate of drug-likeness (QED) is 0.340. The predicted octanol–water partition coefficient (Wildman–Crippen LogP) is 5.47. The molecule has 1 aromatic heterocycles. The number of rotatable bonds is 7. The van der Waals surface area contributed by atoms with Gasteiger partial charge in [-0.25, -0.2) is 0 Å². The van der Waals surface area contributed by atoms with Gasteiger partial charge in [-0.3, -0.25) is 4.99 Å². The largest absolute Gasteiger partial charge is 0.494 e. The molecule has 164 valence electrons. The number of methoxy groups -OCH3 is 2. The van der Waals surface area contributed by atoms with E-state index in [1.807, 2.05) is 73.7 Å². The van der Waals surface area contributed by atoms with Crippen molar-refractivity contribution in [2.24, 2.45) is 10.7 Å². The summed E-state index contributed by atoms with van der Waals surface area (Å²) in [5.74, 6) is 1.25. The van der Waals surface area contributed by atoms with Crippen molar-refractivity contribution in [1.29, 1.82) is 0 Å². The SMILES string of the molecule is CCC(=Nc1ccc(C(N)c2ccccc2)cc1)c1c(O)[nH]c2cc(OC)c(OC)cc12. The third-order valence-electron chi connectivity index (χ3n) is 5.58. The first-order chi connectivity index (χ1) is 15.5. The van der Waals surface area contributed by atoms with E-state index in [0.29, 0.717) is 23.5 Å². The van der Waals surface area contributed by atoms with E-state index in [4.69, 9.17) is 20.2 Å². The molecule has 0 aliphatic heterocycles. The molecule has 0 fully saturated rings. The van der Waals surface area contributed by atoms with Gasteiger partial charge in [0.1, 0.15) is 0 Å². The van der Waals surface area contributed by atoms with E-state index in [9.17, 15) is 5.11 Å². The number of nitrogens with one attached hydrogen (secondary N) is 1. The first-order valence-corrected chi connectivity index (χ1v) is 10.5. The van der Waals surface area contributed by atoms with Crippen molar-refractivity contribution in [2.45, 2.75) is 19.4 Å². The van der Waals surface area contributed by atoms with Crippen LogP contribution in [0.3, 0.4) is 0 Å². The fraction of sp³-hybridized carbons (Fsp3) is 0.192. The van der Waals surface area contributed by atoms with Gasteiger partial charge >= 0.3 is 0 Å². The van der Waals surface area contributed by atoms with Gasteiger partial charge in [0.05, 0.1) is 42.7 Å². The first-order valence-electron chi connectivity index (χ1n) is 10.5. The number of fused-ring (bicyclic) bond motifs is 1. The van der Waals surface area contributed by atoms with Crippen molar-refractivity contribution < 1.29 is 14.6 Å². The van der Waals surface area contributed by atoms with Crippen molar-refractivity contribution in [3.8, 4) is 17.4 Å². The molecule has 4 rings (SSSR count). The number of ether oxygens (including phenoxy) is 2. The van der Waals surface area contributed by atoms with E-state index in [1.165, 1.54) is 0 Å². The highest BCUT2D eigenvalue weighted by molar-refractivity contribution is 6.14. The Bertz CT molecular complexity index is 1250. The molecule has 0 saturated carbocycles.